The molecule has 8 nitrogen and oxygen atoms in total. The highest BCUT2D eigenvalue weighted by Gasteiger charge is 2.38. The summed E-state index contributed by atoms with van der Waals surface area (Å²) in [6.45, 7) is 1.45. The monoisotopic (exact) mass is 352 g/mol. The summed E-state index contributed by atoms with van der Waals surface area (Å²) in [5.41, 5.74) is -4.24. The van der Waals surface area contributed by atoms with Crippen LogP contribution in [0.4, 0.5) is 30.2 Å². The quantitative estimate of drug-likeness (QED) is 0.476. The number of nitrogens with zero attached hydrogens (tertiary/aromatic N) is 2. The molecule has 0 spiro atoms. The van der Waals surface area contributed by atoms with Crippen molar-refractivity contribution in [3.63, 3.8) is 0 Å². The van der Waals surface area contributed by atoms with Crippen LogP contribution >= 0.6 is 12.2 Å². The largest absolute Gasteiger partial charge is 0.416 e. The highest BCUT2D eigenvalue weighted by atomic mass is 32.1. The molecule has 0 saturated heterocycles. The Morgan fingerprint density at radius 2 is 1.65 bits per heavy atom. The molecule has 0 aliphatic carbocycles. The van der Waals surface area contributed by atoms with E-state index in [0.717, 1.165) is 0 Å². The molecule has 12 heteroatoms. The number of halogens is 3. The lowest BCUT2D eigenvalue weighted by Gasteiger charge is -2.17. The van der Waals surface area contributed by atoms with Gasteiger partial charge in [0, 0.05) is 19.2 Å². The van der Waals surface area contributed by atoms with E-state index in [1.165, 1.54) is 14.0 Å². The molecule has 0 amide bonds. The lowest BCUT2D eigenvalue weighted by molar-refractivity contribution is -0.392. The smallest absolute Gasteiger partial charge is 0.381 e. The Morgan fingerprint density at radius 3 is 1.96 bits per heavy atom. The minimum absolute atomic E-state index is 0.175. The van der Waals surface area contributed by atoms with Crippen LogP contribution in [0, 0.1) is 20.2 Å². The second-order valence-electron chi connectivity index (χ2n) is 4.38. The molecule has 1 atom stereocenters. The Bertz CT molecular complexity index is 630. The van der Waals surface area contributed by atoms with Gasteiger partial charge in [0.1, 0.15) is 0 Å². The van der Waals surface area contributed by atoms with E-state index in [2.05, 4.69) is 10.6 Å². The van der Waals surface area contributed by atoms with Gasteiger partial charge in [-0.05, 0) is 6.92 Å². The number of thiocarbonyl (C=S) groups is 1. The average Bonchev–Trinajstić information content (AvgIpc) is 2.44. The van der Waals surface area contributed by atoms with Crippen LogP contribution < -0.4 is 10.6 Å². The van der Waals surface area contributed by atoms with E-state index in [1.807, 2.05) is 0 Å². The summed E-state index contributed by atoms with van der Waals surface area (Å²) < 4.78 is 38.3. The van der Waals surface area contributed by atoms with E-state index >= 15 is 0 Å². The van der Waals surface area contributed by atoms with Crippen molar-refractivity contribution in [2.45, 2.75) is 19.1 Å². The SMILES string of the molecule is CNC(=S)C(C)Nc1c([N+](=O)[O-])cc(C(F)(F)F)cc1[N+](=O)[O-]. The fourth-order valence-electron chi connectivity index (χ4n) is 1.71. The molecule has 1 unspecified atom stereocenters. The zero-order chi connectivity index (χ0) is 17.9. The van der Waals surface area contributed by atoms with Crippen molar-refractivity contribution < 1.29 is 23.0 Å². The molecule has 0 fully saturated rings. The van der Waals surface area contributed by atoms with Gasteiger partial charge < -0.3 is 10.6 Å². The molecule has 126 valence electrons. The maximum Gasteiger partial charge on any atom is 0.416 e. The third-order valence-corrected chi connectivity index (χ3v) is 3.38. The predicted octanol–water partition coefficient (Wildman–Crippen LogP) is 2.87. The van der Waals surface area contributed by atoms with Gasteiger partial charge in [0.15, 0.2) is 5.69 Å². The summed E-state index contributed by atoms with van der Waals surface area (Å²) in [6, 6.07) is -0.293. The van der Waals surface area contributed by atoms with E-state index in [9.17, 15) is 33.4 Å². The summed E-state index contributed by atoms with van der Waals surface area (Å²) in [7, 11) is 1.47. The number of benzene rings is 1. The summed E-state index contributed by atoms with van der Waals surface area (Å²) in [4.78, 5) is 20.0. The van der Waals surface area contributed by atoms with Crippen LogP contribution in [0.5, 0.6) is 0 Å². The molecular weight excluding hydrogens is 341 g/mol. The number of likely N-dealkylation sites (N-methyl/N-ethyl adjacent to an activating group) is 1. The Kier molecular flexibility index (Phi) is 5.42. The third-order valence-electron chi connectivity index (χ3n) is 2.82. The van der Waals surface area contributed by atoms with E-state index in [1.54, 1.807) is 0 Å². The molecule has 1 aromatic carbocycles. The molecule has 1 rings (SSSR count). The van der Waals surface area contributed by atoms with Gasteiger partial charge in [-0.15, -0.1) is 0 Å². The highest BCUT2D eigenvalue weighted by Crippen LogP contribution is 2.41. The van der Waals surface area contributed by atoms with Gasteiger partial charge in [-0.1, -0.05) is 12.2 Å². The van der Waals surface area contributed by atoms with Crippen molar-refractivity contribution in [1.82, 2.24) is 5.32 Å². The van der Waals surface area contributed by atoms with Crippen molar-refractivity contribution in [3.8, 4) is 0 Å². The van der Waals surface area contributed by atoms with E-state index in [4.69, 9.17) is 12.2 Å². The number of hydrogen-bond acceptors (Lipinski definition) is 6. The normalized spacial score (nSPS) is 12.4. The van der Waals surface area contributed by atoms with Crippen LogP contribution in [0.2, 0.25) is 0 Å². The zero-order valence-electron chi connectivity index (χ0n) is 11.8. The van der Waals surface area contributed by atoms with Crippen molar-refractivity contribution in [2.75, 3.05) is 12.4 Å². The molecule has 1 aromatic rings. The second kappa shape index (κ2) is 6.73. The fourth-order valence-corrected chi connectivity index (χ4v) is 1.77. The first-order valence-electron chi connectivity index (χ1n) is 6.01. The number of anilines is 1. The molecule has 0 aliphatic heterocycles. The van der Waals surface area contributed by atoms with Crippen LogP contribution in [0.25, 0.3) is 0 Å². The standard InChI is InChI=1S/C11H11F3N4O4S/c1-5(10(23)15-2)16-9-7(17(19)20)3-6(11(12,13)14)4-8(9)18(21)22/h3-5,16H,1-2H3,(H,15,23). The maximum absolute atomic E-state index is 12.8. The third kappa shape index (κ3) is 4.25. The number of rotatable bonds is 5. The van der Waals surface area contributed by atoms with Gasteiger partial charge in [-0.25, -0.2) is 0 Å². The molecule has 0 heterocycles. The number of nitrogens with one attached hydrogen (secondary N) is 2. The van der Waals surface area contributed by atoms with Gasteiger partial charge in [-0.2, -0.15) is 13.2 Å². The molecular formula is C11H11F3N4O4S. The van der Waals surface area contributed by atoms with E-state index < -0.39 is 44.7 Å². The summed E-state index contributed by atoms with van der Waals surface area (Å²) in [6.07, 6.45) is -4.96. The number of nitro groups is 2. The number of nitro benzene ring substituents is 2. The predicted molar refractivity (Wildman–Crippen MR) is 79.5 cm³/mol. The first kappa shape index (κ1) is 18.5. The van der Waals surface area contributed by atoms with Crippen molar-refractivity contribution in [2.24, 2.45) is 0 Å². The highest BCUT2D eigenvalue weighted by molar-refractivity contribution is 7.80. The Labute approximate surface area is 133 Å². The summed E-state index contributed by atoms with van der Waals surface area (Å²) in [5.74, 6) is 0. The Balaban J connectivity index is 3.56. The lowest BCUT2D eigenvalue weighted by Crippen LogP contribution is -2.34. The summed E-state index contributed by atoms with van der Waals surface area (Å²) >= 11 is 4.89. The molecule has 23 heavy (non-hydrogen) atoms. The van der Waals surface area contributed by atoms with Crippen molar-refractivity contribution >= 4 is 34.3 Å². The Hall–Kier alpha value is -2.50. The van der Waals surface area contributed by atoms with Crippen molar-refractivity contribution in [3.05, 3.63) is 37.9 Å². The lowest BCUT2D eigenvalue weighted by atomic mass is 10.1. The molecule has 0 bridgehead atoms. The first-order chi connectivity index (χ1) is 10.5. The van der Waals surface area contributed by atoms with Crippen LogP contribution in [-0.4, -0.2) is 27.9 Å². The molecule has 0 saturated carbocycles. The molecule has 0 radical (unpaired) electrons. The topological polar surface area (TPSA) is 110 Å². The zero-order valence-corrected chi connectivity index (χ0v) is 12.6. The van der Waals surface area contributed by atoms with E-state index in [0.29, 0.717) is 0 Å². The fraction of sp³-hybridized carbons (Fsp3) is 0.364. The van der Waals surface area contributed by atoms with Gasteiger partial charge in [0.2, 0.25) is 0 Å². The van der Waals surface area contributed by atoms with Crippen molar-refractivity contribution in [1.29, 1.82) is 0 Å². The average molecular weight is 352 g/mol. The molecule has 0 aliphatic rings. The first-order valence-corrected chi connectivity index (χ1v) is 6.42. The Morgan fingerprint density at radius 1 is 1.22 bits per heavy atom. The number of alkyl halides is 3. The van der Waals surface area contributed by atoms with Gasteiger partial charge >= 0.3 is 6.18 Å². The van der Waals surface area contributed by atoms with E-state index in [-0.39, 0.29) is 17.1 Å². The summed E-state index contributed by atoms with van der Waals surface area (Å²) in [5, 5.41) is 27.0. The van der Waals surface area contributed by atoms with Crippen LogP contribution in [0.15, 0.2) is 12.1 Å². The molecule has 0 aromatic heterocycles. The van der Waals surface area contributed by atoms with Crippen LogP contribution in [-0.2, 0) is 6.18 Å². The number of hydrogen-bond donors (Lipinski definition) is 2. The second-order valence-corrected chi connectivity index (χ2v) is 4.82. The minimum atomic E-state index is -4.96. The minimum Gasteiger partial charge on any atom is -0.381 e. The van der Waals surface area contributed by atoms with Crippen LogP contribution in [0.1, 0.15) is 12.5 Å². The molecule has 2 N–H and O–H groups in total. The van der Waals surface area contributed by atoms with Gasteiger partial charge in [-0.3, -0.25) is 20.2 Å². The van der Waals surface area contributed by atoms with Crippen LogP contribution in [0.3, 0.4) is 0 Å². The maximum atomic E-state index is 12.8. The van der Waals surface area contributed by atoms with Gasteiger partial charge in [0.25, 0.3) is 11.4 Å². The van der Waals surface area contributed by atoms with Gasteiger partial charge in [0.05, 0.1) is 26.4 Å².